The number of ketones is 2. The molecule has 3 saturated carbocycles. The van der Waals surface area contributed by atoms with Crippen molar-refractivity contribution in [3.63, 3.8) is 0 Å². The van der Waals surface area contributed by atoms with Crippen LogP contribution in [0.5, 0.6) is 0 Å². The first-order valence-electron chi connectivity index (χ1n) is 12.4. The molecule has 0 radical (unpaired) electrons. The van der Waals surface area contributed by atoms with Crippen molar-refractivity contribution in [2.75, 3.05) is 18.8 Å². The van der Waals surface area contributed by atoms with Gasteiger partial charge in [0.05, 0.1) is 12.0 Å². The van der Waals surface area contributed by atoms with E-state index in [4.69, 9.17) is 9.47 Å². The van der Waals surface area contributed by atoms with Gasteiger partial charge in [-0.3, -0.25) is 14.4 Å². The lowest BCUT2D eigenvalue weighted by atomic mass is 9.45. The second-order valence-electron chi connectivity index (χ2n) is 10.9. The van der Waals surface area contributed by atoms with E-state index in [0.29, 0.717) is 25.2 Å². The molecule has 0 bridgehead atoms. The first-order valence-corrected chi connectivity index (χ1v) is 13.8. The molecule has 0 unspecified atom stereocenters. The summed E-state index contributed by atoms with van der Waals surface area (Å²) in [6, 6.07) is 0. The number of hydrogen-bond donors (Lipinski definition) is 1. The Labute approximate surface area is 201 Å². The third-order valence-electron chi connectivity index (χ3n) is 9.54. The highest BCUT2D eigenvalue weighted by atomic mass is 32.2. The number of rotatable bonds is 7. The van der Waals surface area contributed by atoms with Crippen LogP contribution in [0.2, 0.25) is 0 Å². The number of esters is 1. The molecule has 0 aromatic rings. The Kier molecular flexibility index (Phi) is 6.89. The minimum absolute atomic E-state index is 0.0908. The van der Waals surface area contributed by atoms with Crippen LogP contribution in [0.25, 0.3) is 0 Å². The van der Waals surface area contributed by atoms with Crippen LogP contribution < -0.4 is 0 Å². The van der Waals surface area contributed by atoms with Gasteiger partial charge in [-0.15, -0.1) is 11.8 Å². The van der Waals surface area contributed by atoms with Gasteiger partial charge in [-0.05, 0) is 74.0 Å². The molecule has 0 aromatic heterocycles. The van der Waals surface area contributed by atoms with Gasteiger partial charge in [0, 0.05) is 18.3 Å². The van der Waals surface area contributed by atoms with Crippen LogP contribution in [-0.2, 0) is 23.9 Å². The molecular weight excluding hydrogens is 440 g/mol. The van der Waals surface area contributed by atoms with E-state index in [1.807, 2.05) is 12.3 Å². The summed E-state index contributed by atoms with van der Waals surface area (Å²) in [5.74, 6) is 0.626. The number of carbonyl (C=O) groups is 3. The average molecular weight is 479 g/mol. The number of Topliss-reactive ketones (excluding diaryl/α,β-unsaturated/α-hetero) is 1. The van der Waals surface area contributed by atoms with Gasteiger partial charge in [-0.1, -0.05) is 26.3 Å². The van der Waals surface area contributed by atoms with Gasteiger partial charge in [-0.2, -0.15) is 0 Å². The molecule has 4 rings (SSSR count). The van der Waals surface area contributed by atoms with E-state index in [9.17, 15) is 19.5 Å². The highest BCUT2D eigenvalue weighted by Crippen LogP contribution is 2.68. The van der Waals surface area contributed by atoms with E-state index in [1.165, 1.54) is 17.3 Å². The van der Waals surface area contributed by atoms with E-state index in [1.54, 1.807) is 6.92 Å². The van der Waals surface area contributed by atoms with Crippen molar-refractivity contribution in [1.29, 1.82) is 0 Å². The normalized spacial score (nSPS) is 42.1. The molecule has 0 aliphatic heterocycles. The van der Waals surface area contributed by atoms with E-state index in [2.05, 4.69) is 13.8 Å². The second-order valence-corrected chi connectivity index (χ2v) is 11.7. The minimum atomic E-state index is -1.06. The summed E-state index contributed by atoms with van der Waals surface area (Å²) in [6.45, 7) is 5.78. The van der Waals surface area contributed by atoms with Crippen LogP contribution in [0.1, 0.15) is 72.1 Å². The maximum Gasteiger partial charge on any atom is 0.305 e. The van der Waals surface area contributed by atoms with Gasteiger partial charge < -0.3 is 14.6 Å². The summed E-state index contributed by atoms with van der Waals surface area (Å²) in [6.07, 6.45) is 8.51. The average Bonchev–Trinajstić information content (AvgIpc) is 3.08. The first-order chi connectivity index (χ1) is 15.6. The highest BCUT2D eigenvalue weighted by molar-refractivity contribution is 7.98. The fraction of sp³-hybridized carbons (Fsp3) is 0.808. The molecule has 7 atom stereocenters. The van der Waals surface area contributed by atoms with Gasteiger partial charge in [0.15, 0.2) is 12.4 Å². The molecule has 4 aliphatic rings. The summed E-state index contributed by atoms with van der Waals surface area (Å²) in [7, 11) is 0. The number of ether oxygens (including phenoxy) is 2. The zero-order chi connectivity index (χ0) is 24.0. The largest absolute Gasteiger partial charge is 0.458 e. The molecule has 0 saturated heterocycles. The van der Waals surface area contributed by atoms with Crippen LogP contribution in [0.15, 0.2) is 11.6 Å². The number of thioether (sulfide) groups is 1. The van der Waals surface area contributed by atoms with Crippen molar-refractivity contribution in [3.8, 4) is 0 Å². The number of aliphatic hydroxyl groups excluding tert-OH is 1. The van der Waals surface area contributed by atoms with E-state index >= 15 is 0 Å². The number of allylic oxidation sites excluding steroid dienone is 1. The lowest BCUT2D eigenvalue weighted by molar-refractivity contribution is -0.193. The lowest BCUT2D eigenvalue weighted by Gasteiger charge is -2.61. The molecule has 0 amide bonds. The maximum absolute atomic E-state index is 13.6. The topological polar surface area (TPSA) is 89.9 Å². The summed E-state index contributed by atoms with van der Waals surface area (Å²) >= 11 is 1.53. The molecule has 6 nitrogen and oxygen atoms in total. The molecule has 7 heteroatoms. The quantitative estimate of drug-likeness (QED) is 0.435. The Bertz CT molecular complexity index is 854. The highest BCUT2D eigenvalue weighted by Gasteiger charge is 2.69. The summed E-state index contributed by atoms with van der Waals surface area (Å²) in [5.41, 5.74) is -0.543. The summed E-state index contributed by atoms with van der Waals surface area (Å²) in [4.78, 5) is 37.5. The molecule has 184 valence electrons. The SMILES string of the molecule is CCC(=O)OCC(=O)[C@@]1(OCSC)CC[C@H]2[C@@H]3CCC4=CC(=O)CC[C@]4(C)[C@H]3[C@@H](O)C[C@@]21C. The van der Waals surface area contributed by atoms with E-state index < -0.39 is 23.1 Å². The Morgan fingerprint density at radius 1 is 1.21 bits per heavy atom. The summed E-state index contributed by atoms with van der Waals surface area (Å²) < 4.78 is 11.6. The second kappa shape index (κ2) is 9.12. The first kappa shape index (κ1) is 24.9. The Morgan fingerprint density at radius 3 is 2.67 bits per heavy atom. The van der Waals surface area contributed by atoms with Crippen LogP contribution >= 0.6 is 11.8 Å². The van der Waals surface area contributed by atoms with Gasteiger partial charge in [0.1, 0.15) is 5.60 Å². The third kappa shape index (κ3) is 3.82. The van der Waals surface area contributed by atoms with Gasteiger partial charge in [-0.25, -0.2) is 0 Å². The van der Waals surface area contributed by atoms with Crippen molar-refractivity contribution in [2.24, 2.45) is 28.6 Å². The van der Waals surface area contributed by atoms with Crippen molar-refractivity contribution in [2.45, 2.75) is 83.8 Å². The Morgan fingerprint density at radius 2 is 1.97 bits per heavy atom. The molecule has 1 N–H and O–H groups in total. The third-order valence-corrected chi connectivity index (χ3v) is 9.90. The Hall–Kier alpha value is -1.18. The molecular formula is C26H38O6S. The van der Waals surface area contributed by atoms with Crippen LogP contribution in [0.3, 0.4) is 0 Å². The van der Waals surface area contributed by atoms with Crippen molar-refractivity contribution in [3.05, 3.63) is 11.6 Å². The molecule has 33 heavy (non-hydrogen) atoms. The fourth-order valence-corrected chi connectivity index (χ4v) is 8.29. The van der Waals surface area contributed by atoms with Gasteiger partial charge in [0.2, 0.25) is 5.78 Å². The molecule has 0 heterocycles. The maximum atomic E-state index is 13.6. The zero-order valence-electron chi connectivity index (χ0n) is 20.4. The lowest BCUT2D eigenvalue weighted by Crippen LogP contribution is -2.63. The number of fused-ring (bicyclic) bond motifs is 5. The van der Waals surface area contributed by atoms with Crippen LogP contribution in [0.4, 0.5) is 0 Å². The number of carbonyl (C=O) groups excluding carboxylic acids is 3. The predicted octanol–water partition coefficient (Wildman–Crippen LogP) is 4.09. The number of aliphatic hydroxyl groups is 1. The van der Waals surface area contributed by atoms with Crippen molar-refractivity contribution < 1.29 is 29.0 Å². The predicted molar refractivity (Wildman–Crippen MR) is 127 cm³/mol. The van der Waals surface area contributed by atoms with E-state index in [-0.39, 0.29) is 47.8 Å². The van der Waals surface area contributed by atoms with Crippen LogP contribution in [-0.4, -0.2) is 53.1 Å². The minimum Gasteiger partial charge on any atom is -0.458 e. The smallest absolute Gasteiger partial charge is 0.305 e. The van der Waals surface area contributed by atoms with Crippen LogP contribution in [0, 0.1) is 28.6 Å². The Balaban J connectivity index is 1.67. The zero-order valence-corrected chi connectivity index (χ0v) is 21.2. The fourth-order valence-electron chi connectivity index (χ4n) is 7.98. The monoisotopic (exact) mass is 478 g/mol. The number of hydrogen-bond acceptors (Lipinski definition) is 7. The summed E-state index contributed by atoms with van der Waals surface area (Å²) in [5, 5.41) is 11.6. The van der Waals surface area contributed by atoms with Gasteiger partial charge >= 0.3 is 5.97 Å². The molecule has 0 spiro atoms. The van der Waals surface area contributed by atoms with Crippen molar-refractivity contribution >= 4 is 29.3 Å². The van der Waals surface area contributed by atoms with Crippen molar-refractivity contribution in [1.82, 2.24) is 0 Å². The van der Waals surface area contributed by atoms with Gasteiger partial charge in [0.25, 0.3) is 0 Å². The molecule has 4 aliphatic carbocycles. The standard InChI is InChI=1S/C26H38O6S/c1-5-22(30)31-14-21(29)26(32-15-33-4)11-9-19-18-7-6-16-12-17(27)8-10-24(16,2)23(18)20(28)13-25(19,26)3/h12,18-20,23,28H,5-11,13-15H2,1-4H3/t18-,19-,20-,23+,24-,25-,26-/m0/s1. The molecule has 3 fully saturated rings. The molecule has 0 aromatic carbocycles. The van der Waals surface area contributed by atoms with E-state index in [0.717, 1.165) is 25.7 Å².